The molecule has 2 heterocycles. The molecule has 2 rings (SSSR count). The van der Waals surface area contributed by atoms with Crippen molar-refractivity contribution in [3.63, 3.8) is 0 Å². The van der Waals surface area contributed by atoms with Gasteiger partial charge in [-0.2, -0.15) is 0 Å². The maximum atomic E-state index is 11.9. The predicted octanol–water partition coefficient (Wildman–Crippen LogP) is 0.531. The first-order valence-corrected chi connectivity index (χ1v) is 7.36. The summed E-state index contributed by atoms with van der Waals surface area (Å²) in [7, 11) is 1.64. The zero-order valence-electron chi connectivity index (χ0n) is 12.9. The Morgan fingerprint density at radius 3 is 2.95 bits per heavy atom. The van der Waals surface area contributed by atoms with Crippen LogP contribution in [0.1, 0.15) is 19.4 Å². The van der Waals surface area contributed by atoms with E-state index < -0.39 is 0 Å². The van der Waals surface area contributed by atoms with E-state index >= 15 is 0 Å². The number of ether oxygens (including phenoxy) is 1. The molecule has 1 aliphatic heterocycles. The molecule has 0 aliphatic carbocycles. The average molecular weight is 292 g/mol. The first-order valence-electron chi connectivity index (χ1n) is 7.36. The van der Waals surface area contributed by atoms with Crippen LogP contribution in [0.15, 0.2) is 18.3 Å². The van der Waals surface area contributed by atoms with E-state index in [1.165, 1.54) is 0 Å². The van der Waals surface area contributed by atoms with Gasteiger partial charge in [0.15, 0.2) is 0 Å². The Morgan fingerprint density at radius 1 is 1.52 bits per heavy atom. The molecule has 6 heteroatoms. The highest BCUT2D eigenvalue weighted by Gasteiger charge is 2.29. The first-order chi connectivity index (χ1) is 10.1. The summed E-state index contributed by atoms with van der Waals surface area (Å²) in [6.45, 7) is 6.72. The predicted molar refractivity (Wildman–Crippen MR) is 82.2 cm³/mol. The van der Waals surface area contributed by atoms with E-state index in [1.807, 2.05) is 23.2 Å². The third kappa shape index (κ3) is 4.15. The van der Waals surface area contributed by atoms with Gasteiger partial charge in [-0.05, 0) is 11.6 Å². The van der Waals surface area contributed by atoms with Gasteiger partial charge >= 0.3 is 0 Å². The number of morpholine rings is 1. The molecule has 0 radical (unpaired) electrons. The molecule has 0 saturated carbocycles. The number of carbonyl (C=O) groups excluding carboxylic acids is 1. The van der Waals surface area contributed by atoms with Gasteiger partial charge in [-0.3, -0.25) is 4.79 Å². The SMILES string of the molecule is CNC(=O)C1COCCN1c1ccc(CNC(C)C)cn1. The van der Waals surface area contributed by atoms with E-state index in [-0.39, 0.29) is 11.9 Å². The van der Waals surface area contributed by atoms with Crippen LogP contribution in [-0.4, -0.2) is 49.8 Å². The van der Waals surface area contributed by atoms with Gasteiger partial charge in [0.25, 0.3) is 0 Å². The fourth-order valence-corrected chi connectivity index (χ4v) is 2.27. The van der Waals surface area contributed by atoms with E-state index in [1.54, 1.807) is 7.05 Å². The molecule has 1 unspecified atom stereocenters. The van der Waals surface area contributed by atoms with E-state index in [0.717, 1.165) is 17.9 Å². The molecule has 1 aromatic rings. The van der Waals surface area contributed by atoms with Gasteiger partial charge < -0.3 is 20.3 Å². The second-order valence-corrected chi connectivity index (χ2v) is 5.46. The zero-order chi connectivity index (χ0) is 15.2. The molecule has 0 aromatic carbocycles. The summed E-state index contributed by atoms with van der Waals surface area (Å²) in [5.41, 5.74) is 1.14. The Hall–Kier alpha value is -1.66. The number of nitrogens with zero attached hydrogens (tertiary/aromatic N) is 2. The standard InChI is InChI=1S/C15H24N4O2/c1-11(2)17-8-12-4-5-14(18-9-12)19-6-7-21-10-13(19)15(20)16-3/h4-5,9,11,13,17H,6-8,10H2,1-3H3,(H,16,20). The molecule has 1 aliphatic rings. The van der Waals surface area contributed by atoms with Crippen LogP contribution in [-0.2, 0) is 16.1 Å². The Kier molecular flexibility index (Phi) is 5.52. The molecule has 1 amide bonds. The van der Waals surface area contributed by atoms with Gasteiger partial charge in [-0.1, -0.05) is 19.9 Å². The molecule has 1 saturated heterocycles. The number of likely N-dealkylation sites (N-methyl/N-ethyl adjacent to an activating group) is 1. The summed E-state index contributed by atoms with van der Waals surface area (Å²) in [5, 5.41) is 6.04. The molecule has 0 spiro atoms. The Balaban J connectivity index is 2.07. The zero-order valence-corrected chi connectivity index (χ0v) is 12.9. The summed E-state index contributed by atoms with van der Waals surface area (Å²) in [4.78, 5) is 18.4. The number of aromatic nitrogens is 1. The number of carbonyl (C=O) groups is 1. The lowest BCUT2D eigenvalue weighted by molar-refractivity contribution is -0.124. The number of amides is 1. The maximum absolute atomic E-state index is 11.9. The number of pyridine rings is 1. The van der Waals surface area contributed by atoms with Crippen molar-refractivity contribution >= 4 is 11.7 Å². The second kappa shape index (κ2) is 7.38. The molecule has 21 heavy (non-hydrogen) atoms. The highest BCUT2D eigenvalue weighted by molar-refractivity contribution is 5.85. The molecule has 1 atom stereocenters. The van der Waals surface area contributed by atoms with Gasteiger partial charge in [-0.25, -0.2) is 4.98 Å². The summed E-state index contributed by atoms with van der Waals surface area (Å²) >= 11 is 0. The van der Waals surface area contributed by atoms with Crippen molar-refractivity contribution in [1.29, 1.82) is 0 Å². The van der Waals surface area contributed by atoms with Crippen molar-refractivity contribution in [3.8, 4) is 0 Å². The number of rotatable bonds is 5. The fourth-order valence-electron chi connectivity index (χ4n) is 2.27. The Morgan fingerprint density at radius 2 is 2.33 bits per heavy atom. The molecular formula is C15H24N4O2. The third-order valence-electron chi connectivity index (χ3n) is 3.50. The number of hydrogen-bond acceptors (Lipinski definition) is 5. The van der Waals surface area contributed by atoms with Gasteiger partial charge in [0, 0.05) is 32.4 Å². The van der Waals surface area contributed by atoms with Crippen molar-refractivity contribution in [2.45, 2.75) is 32.5 Å². The molecular weight excluding hydrogens is 268 g/mol. The van der Waals surface area contributed by atoms with Crippen molar-refractivity contribution in [3.05, 3.63) is 23.9 Å². The second-order valence-electron chi connectivity index (χ2n) is 5.46. The maximum Gasteiger partial charge on any atom is 0.244 e. The van der Waals surface area contributed by atoms with Crippen LogP contribution in [0.3, 0.4) is 0 Å². The van der Waals surface area contributed by atoms with E-state index in [9.17, 15) is 4.79 Å². The smallest absolute Gasteiger partial charge is 0.244 e. The molecule has 6 nitrogen and oxygen atoms in total. The van der Waals surface area contributed by atoms with E-state index in [2.05, 4.69) is 29.5 Å². The van der Waals surface area contributed by atoms with Gasteiger partial charge in [-0.15, -0.1) is 0 Å². The topological polar surface area (TPSA) is 66.5 Å². The minimum absolute atomic E-state index is 0.0398. The average Bonchev–Trinajstić information content (AvgIpc) is 2.52. The summed E-state index contributed by atoms with van der Waals surface area (Å²) in [6.07, 6.45) is 1.86. The van der Waals surface area contributed by atoms with Gasteiger partial charge in [0.2, 0.25) is 5.91 Å². The summed E-state index contributed by atoms with van der Waals surface area (Å²) < 4.78 is 5.41. The van der Waals surface area contributed by atoms with Crippen molar-refractivity contribution in [1.82, 2.24) is 15.6 Å². The van der Waals surface area contributed by atoms with Crippen LogP contribution in [0.4, 0.5) is 5.82 Å². The Bertz CT molecular complexity index is 461. The van der Waals surface area contributed by atoms with Gasteiger partial charge in [0.1, 0.15) is 11.9 Å². The lowest BCUT2D eigenvalue weighted by atomic mass is 10.2. The van der Waals surface area contributed by atoms with E-state index in [4.69, 9.17) is 4.74 Å². The van der Waals surface area contributed by atoms with Crippen molar-refractivity contribution in [2.75, 3.05) is 31.7 Å². The van der Waals surface area contributed by atoms with Crippen LogP contribution in [0.5, 0.6) is 0 Å². The number of hydrogen-bond donors (Lipinski definition) is 2. The van der Waals surface area contributed by atoms with Crippen LogP contribution in [0, 0.1) is 0 Å². The summed E-state index contributed by atoms with van der Waals surface area (Å²) in [6, 6.07) is 4.16. The van der Waals surface area contributed by atoms with E-state index in [0.29, 0.717) is 25.8 Å². The minimum Gasteiger partial charge on any atom is -0.377 e. The highest BCUT2D eigenvalue weighted by atomic mass is 16.5. The largest absolute Gasteiger partial charge is 0.377 e. The third-order valence-corrected chi connectivity index (χ3v) is 3.50. The molecule has 116 valence electrons. The fraction of sp³-hybridized carbons (Fsp3) is 0.600. The van der Waals surface area contributed by atoms with Crippen LogP contribution in [0.25, 0.3) is 0 Å². The quantitative estimate of drug-likeness (QED) is 0.829. The molecule has 0 bridgehead atoms. The van der Waals surface area contributed by atoms with Crippen LogP contribution >= 0.6 is 0 Å². The number of anilines is 1. The lowest BCUT2D eigenvalue weighted by Crippen LogP contribution is -2.53. The monoisotopic (exact) mass is 292 g/mol. The first kappa shape index (κ1) is 15.7. The normalized spacial score (nSPS) is 18.9. The Labute approximate surface area is 125 Å². The van der Waals surface area contributed by atoms with Crippen LogP contribution < -0.4 is 15.5 Å². The minimum atomic E-state index is -0.309. The molecule has 1 fully saturated rings. The van der Waals surface area contributed by atoms with Gasteiger partial charge in [0.05, 0.1) is 13.2 Å². The number of nitrogens with one attached hydrogen (secondary N) is 2. The lowest BCUT2D eigenvalue weighted by Gasteiger charge is -2.35. The van der Waals surface area contributed by atoms with Crippen molar-refractivity contribution < 1.29 is 9.53 Å². The van der Waals surface area contributed by atoms with Crippen LogP contribution in [0.2, 0.25) is 0 Å². The van der Waals surface area contributed by atoms with Crippen molar-refractivity contribution in [2.24, 2.45) is 0 Å². The molecule has 1 aromatic heterocycles. The highest BCUT2D eigenvalue weighted by Crippen LogP contribution is 2.17. The summed E-state index contributed by atoms with van der Waals surface area (Å²) in [5.74, 6) is 0.780. The molecule has 2 N–H and O–H groups in total.